The summed E-state index contributed by atoms with van der Waals surface area (Å²) in [5.74, 6) is 1.74. The number of Topliss-reactive ketones (excluding diaryl/α,β-unsaturated/α-hetero) is 1. The lowest BCUT2D eigenvalue weighted by Crippen LogP contribution is -2.09. The van der Waals surface area contributed by atoms with Crippen LogP contribution in [0.1, 0.15) is 61.7 Å². The van der Waals surface area contributed by atoms with Gasteiger partial charge in [-0.3, -0.25) is 9.78 Å². The monoisotopic (exact) mass is 430 g/mol. The van der Waals surface area contributed by atoms with Crippen LogP contribution < -0.4 is 0 Å². The zero-order chi connectivity index (χ0) is 22.3. The Morgan fingerprint density at radius 1 is 1.06 bits per heavy atom. The molecule has 0 radical (unpaired) electrons. The Hall–Kier alpha value is -3.75. The van der Waals surface area contributed by atoms with E-state index in [1.54, 1.807) is 0 Å². The van der Waals surface area contributed by atoms with Crippen LogP contribution in [0.15, 0.2) is 42.6 Å². The van der Waals surface area contributed by atoms with Gasteiger partial charge >= 0.3 is 0 Å². The largest absolute Gasteiger partial charge is 0.291 e. The summed E-state index contributed by atoms with van der Waals surface area (Å²) >= 11 is 0. The number of hydrogen-bond donors (Lipinski definition) is 1. The van der Waals surface area contributed by atoms with Crippen LogP contribution in [0, 0.1) is 0 Å². The van der Waals surface area contributed by atoms with E-state index in [9.17, 15) is 4.79 Å². The van der Waals surface area contributed by atoms with Gasteiger partial charge in [0.1, 0.15) is 5.82 Å². The number of pyridine rings is 1. The molecule has 1 aromatic carbocycles. The predicted octanol–water partition coefficient (Wildman–Crippen LogP) is 3.89. The number of nitrogens with one attached hydrogen (secondary N) is 1. The quantitative estimate of drug-likeness (QED) is 0.379. The van der Waals surface area contributed by atoms with Crippen LogP contribution >= 0.6 is 0 Å². The molecule has 164 valence electrons. The summed E-state index contributed by atoms with van der Waals surface area (Å²) in [6, 6.07) is 11.9. The first-order chi connectivity index (χ1) is 15.7. The number of carbonyl (C=O) groups is 1. The molecule has 0 unspecified atom stereocenters. The van der Waals surface area contributed by atoms with Crippen LogP contribution in [0.4, 0.5) is 0 Å². The molecule has 0 saturated heterocycles. The second-order valence-corrected chi connectivity index (χ2v) is 7.62. The standard InChI is InChI=1S/C23H26N8O/c1-3-5-11-21-25-23(20(32)8-4-2)28-31(21)15-17-13-12-16(14-24-17)18-9-6-7-10-19(18)22-26-29-30-27-22/h6-7,9-10,12-14H,3-5,8,11,15H2,1-2H3,(H,26,27,29,30). The molecule has 0 aliphatic heterocycles. The Morgan fingerprint density at radius 3 is 2.59 bits per heavy atom. The maximum absolute atomic E-state index is 12.3. The molecule has 3 heterocycles. The van der Waals surface area contributed by atoms with E-state index in [-0.39, 0.29) is 5.78 Å². The third-order valence-corrected chi connectivity index (χ3v) is 5.20. The third kappa shape index (κ3) is 4.77. The van der Waals surface area contributed by atoms with Gasteiger partial charge in [-0.05, 0) is 34.9 Å². The zero-order valence-electron chi connectivity index (χ0n) is 18.3. The summed E-state index contributed by atoms with van der Waals surface area (Å²) in [5, 5.41) is 18.7. The number of tetrazole rings is 1. The van der Waals surface area contributed by atoms with Crippen LogP contribution in [0.2, 0.25) is 0 Å². The molecular formula is C23H26N8O. The van der Waals surface area contributed by atoms with Crippen molar-refractivity contribution in [3.8, 4) is 22.5 Å². The molecule has 0 saturated carbocycles. The molecule has 1 N–H and O–H groups in total. The van der Waals surface area contributed by atoms with Gasteiger partial charge in [0.2, 0.25) is 11.6 Å². The number of carbonyl (C=O) groups excluding carboxylic acids is 1. The average Bonchev–Trinajstić information content (AvgIpc) is 3.49. The summed E-state index contributed by atoms with van der Waals surface area (Å²) in [6.07, 6.45) is 5.93. The Bertz CT molecular complexity index is 1170. The van der Waals surface area contributed by atoms with E-state index in [2.05, 4.69) is 42.6 Å². The summed E-state index contributed by atoms with van der Waals surface area (Å²) in [5.41, 5.74) is 3.71. The zero-order valence-corrected chi connectivity index (χ0v) is 18.3. The molecule has 4 aromatic rings. The van der Waals surface area contributed by atoms with Crippen LogP contribution in [0.25, 0.3) is 22.5 Å². The molecular weight excluding hydrogens is 404 g/mol. The Labute approximate surface area is 186 Å². The molecule has 0 fully saturated rings. The molecule has 4 rings (SSSR count). The number of benzene rings is 1. The van der Waals surface area contributed by atoms with Crippen molar-refractivity contribution < 1.29 is 4.79 Å². The minimum Gasteiger partial charge on any atom is -0.291 e. The van der Waals surface area contributed by atoms with Gasteiger partial charge in [0.25, 0.3) is 0 Å². The average molecular weight is 431 g/mol. The molecule has 0 spiro atoms. The van der Waals surface area contributed by atoms with Crippen molar-refractivity contribution in [2.75, 3.05) is 0 Å². The summed E-state index contributed by atoms with van der Waals surface area (Å²) in [6.45, 7) is 4.59. The van der Waals surface area contributed by atoms with Gasteiger partial charge in [-0.25, -0.2) is 14.8 Å². The lowest BCUT2D eigenvalue weighted by molar-refractivity contribution is 0.0971. The number of aryl methyl sites for hydroxylation is 1. The maximum atomic E-state index is 12.3. The second kappa shape index (κ2) is 10.0. The second-order valence-electron chi connectivity index (χ2n) is 7.62. The highest BCUT2D eigenvalue weighted by atomic mass is 16.1. The van der Waals surface area contributed by atoms with Gasteiger partial charge in [0.05, 0.1) is 12.2 Å². The third-order valence-electron chi connectivity index (χ3n) is 5.20. The number of hydrogen-bond acceptors (Lipinski definition) is 7. The van der Waals surface area contributed by atoms with Crippen molar-refractivity contribution in [1.82, 2.24) is 40.4 Å². The molecule has 3 aromatic heterocycles. The van der Waals surface area contributed by atoms with Gasteiger partial charge < -0.3 is 0 Å². The van der Waals surface area contributed by atoms with Crippen molar-refractivity contribution >= 4 is 5.78 Å². The fraction of sp³-hybridized carbons (Fsp3) is 0.348. The number of unbranched alkanes of at least 4 members (excludes halogenated alkanes) is 1. The summed E-state index contributed by atoms with van der Waals surface area (Å²) in [4.78, 5) is 21.5. The van der Waals surface area contributed by atoms with Crippen molar-refractivity contribution in [1.29, 1.82) is 0 Å². The van der Waals surface area contributed by atoms with E-state index in [4.69, 9.17) is 0 Å². The SMILES string of the molecule is CCCCc1nc(C(=O)CCC)nn1Cc1ccc(-c2ccccc2-c2nnn[nH]2)cn1. The van der Waals surface area contributed by atoms with Crippen LogP contribution in [-0.4, -0.2) is 46.2 Å². The van der Waals surface area contributed by atoms with Crippen LogP contribution in [0.3, 0.4) is 0 Å². The molecule has 32 heavy (non-hydrogen) atoms. The Kier molecular flexibility index (Phi) is 6.74. The Morgan fingerprint density at radius 2 is 1.91 bits per heavy atom. The number of aromatic amines is 1. The molecule has 9 heteroatoms. The van der Waals surface area contributed by atoms with Gasteiger partial charge in [-0.1, -0.05) is 50.6 Å². The van der Waals surface area contributed by atoms with E-state index in [1.165, 1.54) is 0 Å². The number of rotatable bonds is 10. The van der Waals surface area contributed by atoms with Gasteiger partial charge in [0, 0.05) is 30.2 Å². The molecule has 0 aliphatic rings. The Balaban J connectivity index is 1.58. The number of H-pyrrole nitrogens is 1. The van der Waals surface area contributed by atoms with Crippen LogP contribution in [-0.2, 0) is 13.0 Å². The fourth-order valence-electron chi connectivity index (χ4n) is 3.52. The van der Waals surface area contributed by atoms with E-state index in [1.807, 2.05) is 54.2 Å². The fourth-order valence-corrected chi connectivity index (χ4v) is 3.52. The number of nitrogens with zero attached hydrogens (tertiary/aromatic N) is 7. The van der Waals surface area contributed by atoms with Gasteiger partial charge in [0.15, 0.2) is 5.82 Å². The molecule has 0 amide bonds. The highest BCUT2D eigenvalue weighted by Crippen LogP contribution is 2.29. The predicted molar refractivity (Wildman–Crippen MR) is 120 cm³/mol. The normalized spacial score (nSPS) is 11.1. The highest BCUT2D eigenvalue weighted by molar-refractivity contribution is 5.92. The maximum Gasteiger partial charge on any atom is 0.217 e. The van der Waals surface area contributed by atoms with Crippen molar-refractivity contribution in [3.63, 3.8) is 0 Å². The van der Waals surface area contributed by atoms with E-state index in [0.29, 0.717) is 24.6 Å². The minimum atomic E-state index is -0.00850. The van der Waals surface area contributed by atoms with E-state index >= 15 is 0 Å². The first-order valence-corrected chi connectivity index (χ1v) is 10.9. The minimum absolute atomic E-state index is 0.00850. The molecule has 0 aliphatic carbocycles. The number of aromatic nitrogens is 8. The smallest absolute Gasteiger partial charge is 0.217 e. The molecule has 0 atom stereocenters. The molecule has 0 bridgehead atoms. The summed E-state index contributed by atoms with van der Waals surface area (Å²) < 4.78 is 1.81. The van der Waals surface area contributed by atoms with Crippen molar-refractivity contribution in [3.05, 3.63) is 59.9 Å². The first kappa shape index (κ1) is 21.5. The van der Waals surface area contributed by atoms with Gasteiger partial charge in [-0.15, -0.1) is 10.2 Å². The lowest BCUT2D eigenvalue weighted by atomic mass is 10.0. The van der Waals surface area contributed by atoms with Crippen molar-refractivity contribution in [2.45, 2.75) is 52.5 Å². The van der Waals surface area contributed by atoms with Crippen molar-refractivity contribution in [2.24, 2.45) is 0 Å². The lowest BCUT2D eigenvalue weighted by Gasteiger charge is -2.09. The van der Waals surface area contributed by atoms with Gasteiger partial charge in [-0.2, -0.15) is 0 Å². The molecule has 9 nitrogen and oxygen atoms in total. The first-order valence-electron chi connectivity index (χ1n) is 10.9. The summed E-state index contributed by atoms with van der Waals surface area (Å²) in [7, 11) is 0. The van der Waals surface area contributed by atoms with E-state index in [0.717, 1.165) is 53.9 Å². The topological polar surface area (TPSA) is 115 Å². The number of ketones is 1. The highest BCUT2D eigenvalue weighted by Gasteiger charge is 2.16. The van der Waals surface area contributed by atoms with Crippen LogP contribution in [0.5, 0.6) is 0 Å². The van der Waals surface area contributed by atoms with E-state index < -0.39 is 0 Å².